The molecule has 3 aromatic rings. The van der Waals surface area contributed by atoms with Crippen molar-refractivity contribution < 1.29 is 4.74 Å². The second kappa shape index (κ2) is 7.58. The summed E-state index contributed by atoms with van der Waals surface area (Å²) in [6.07, 6.45) is 3.54. The fourth-order valence-electron chi connectivity index (χ4n) is 2.65. The van der Waals surface area contributed by atoms with E-state index in [2.05, 4.69) is 27.1 Å². The zero-order chi connectivity index (χ0) is 17.8. The van der Waals surface area contributed by atoms with Gasteiger partial charge in [0.05, 0.1) is 13.8 Å². The molecule has 0 fully saturated rings. The van der Waals surface area contributed by atoms with Crippen LogP contribution in [0.15, 0.2) is 48.8 Å². The lowest BCUT2D eigenvalue weighted by Crippen LogP contribution is -2.22. The third-order valence-electron chi connectivity index (χ3n) is 3.95. The van der Waals surface area contributed by atoms with Crippen molar-refractivity contribution in [2.45, 2.75) is 13.2 Å². The Hall–Kier alpha value is -2.51. The van der Waals surface area contributed by atoms with Crippen LogP contribution in [-0.2, 0) is 20.3 Å². The monoisotopic (exact) mass is 355 g/mol. The lowest BCUT2D eigenvalue weighted by Gasteiger charge is -2.16. The first-order chi connectivity index (χ1) is 12.1. The SMILES string of the molecule is COc1ccc(CN(C)Cn2nc(-c3cccnc3)n(C)c2=S)cc1. The molecule has 3 rings (SSSR count). The van der Waals surface area contributed by atoms with Crippen LogP contribution < -0.4 is 4.74 Å². The van der Waals surface area contributed by atoms with Gasteiger partial charge in [-0.2, -0.15) is 5.10 Å². The summed E-state index contributed by atoms with van der Waals surface area (Å²) in [4.78, 5) is 6.32. The number of hydrogen-bond acceptors (Lipinski definition) is 5. The van der Waals surface area contributed by atoms with Crippen LogP contribution in [0.2, 0.25) is 0 Å². The summed E-state index contributed by atoms with van der Waals surface area (Å²) in [5.74, 6) is 1.68. The highest BCUT2D eigenvalue weighted by atomic mass is 32.1. The second-order valence-corrected chi connectivity index (χ2v) is 6.28. The molecule has 2 heterocycles. The second-order valence-electron chi connectivity index (χ2n) is 5.91. The molecule has 0 saturated heterocycles. The van der Waals surface area contributed by atoms with E-state index in [0.717, 1.165) is 23.7 Å². The Bertz CT molecular complexity index is 886. The summed E-state index contributed by atoms with van der Waals surface area (Å²) in [5.41, 5.74) is 2.16. The Labute approximate surface area is 152 Å². The van der Waals surface area contributed by atoms with Crippen molar-refractivity contribution in [3.63, 3.8) is 0 Å². The fourth-order valence-corrected chi connectivity index (χ4v) is 2.83. The molecule has 0 saturated carbocycles. The molecule has 0 atom stereocenters. The van der Waals surface area contributed by atoms with Crippen molar-refractivity contribution in [1.29, 1.82) is 0 Å². The van der Waals surface area contributed by atoms with Crippen LogP contribution in [-0.4, -0.2) is 38.4 Å². The molecular formula is C18H21N5OS. The van der Waals surface area contributed by atoms with Gasteiger partial charge in [-0.05, 0) is 49.1 Å². The quantitative estimate of drug-likeness (QED) is 0.636. The van der Waals surface area contributed by atoms with Crippen LogP contribution in [0, 0.1) is 4.77 Å². The zero-order valence-corrected chi connectivity index (χ0v) is 15.4. The van der Waals surface area contributed by atoms with E-state index in [1.54, 1.807) is 19.5 Å². The van der Waals surface area contributed by atoms with E-state index < -0.39 is 0 Å². The van der Waals surface area contributed by atoms with Gasteiger partial charge in [-0.1, -0.05) is 12.1 Å². The molecule has 6 nitrogen and oxygen atoms in total. The Balaban J connectivity index is 1.75. The molecule has 0 aliphatic heterocycles. The summed E-state index contributed by atoms with van der Waals surface area (Å²) in [6.45, 7) is 1.41. The Morgan fingerprint density at radius 2 is 1.96 bits per heavy atom. The van der Waals surface area contributed by atoms with Crippen molar-refractivity contribution in [1.82, 2.24) is 24.2 Å². The number of benzene rings is 1. The van der Waals surface area contributed by atoms with Gasteiger partial charge < -0.3 is 9.30 Å². The minimum Gasteiger partial charge on any atom is -0.497 e. The van der Waals surface area contributed by atoms with Crippen LogP contribution in [0.25, 0.3) is 11.4 Å². The van der Waals surface area contributed by atoms with Crippen LogP contribution in [0.1, 0.15) is 5.56 Å². The Morgan fingerprint density at radius 1 is 1.20 bits per heavy atom. The number of hydrogen-bond donors (Lipinski definition) is 0. The third kappa shape index (κ3) is 3.94. The predicted molar refractivity (Wildman–Crippen MR) is 99.7 cm³/mol. The molecule has 0 spiro atoms. The van der Waals surface area contributed by atoms with Crippen molar-refractivity contribution in [3.8, 4) is 17.1 Å². The van der Waals surface area contributed by atoms with E-state index in [-0.39, 0.29) is 0 Å². The van der Waals surface area contributed by atoms with Crippen LogP contribution in [0.5, 0.6) is 5.75 Å². The molecule has 2 aromatic heterocycles. The van der Waals surface area contributed by atoms with Gasteiger partial charge in [0, 0.05) is 31.5 Å². The highest BCUT2D eigenvalue weighted by Crippen LogP contribution is 2.16. The normalized spacial score (nSPS) is 11.0. The molecule has 0 radical (unpaired) electrons. The highest BCUT2D eigenvalue weighted by molar-refractivity contribution is 7.71. The van der Waals surface area contributed by atoms with Gasteiger partial charge in [0.2, 0.25) is 0 Å². The number of ether oxygens (including phenoxy) is 1. The summed E-state index contributed by atoms with van der Waals surface area (Å²) >= 11 is 5.53. The van der Waals surface area contributed by atoms with E-state index in [1.165, 1.54) is 5.56 Å². The fraction of sp³-hybridized carbons (Fsp3) is 0.278. The van der Waals surface area contributed by atoms with E-state index >= 15 is 0 Å². The zero-order valence-electron chi connectivity index (χ0n) is 14.6. The van der Waals surface area contributed by atoms with Crippen molar-refractivity contribution in [3.05, 3.63) is 59.1 Å². The standard InChI is InChI=1S/C18H21N5OS/c1-21(12-14-6-8-16(24-3)9-7-14)13-23-18(25)22(2)17(20-23)15-5-4-10-19-11-15/h4-11H,12-13H2,1-3H3. The molecular weight excluding hydrogens is 334 g/mol. The maximum absolute atomic E-state index is 5.53. The largest absolute Gasteiger partial charge is 0.497 e. The van der Waals surface area contributed by atoms with Gasteiger partial charge in [-0.3, -0.25) is 9.88 Å². The Morgan fingerprint density at radius 3 is 2.60 bits per heavy atom. The lowest BCUT2D eigenvalue weighted by molar-refractivity contribution is 0.244. The summed E-state index contributed by atoms with van der Waals surface area (Å²) in [6, 6.07) is 11.9. The summed E-state index contributed by atoms with van der Waals surface area (Å²) < 4.78 is 9.62. The lowest BCUT2D eigenvalue weighted by atomic mass is 10.2. The van der Waals surface area contributed by atoms with Gasteiger partial charge >= 0.3 is 0 Å². The maximum atomic E-state index is 5.53. The van der Waals surface area contributed by atoms with Gasteiger partial charge in [-0.15, -0.1) is 0 Å². The first kappa shape index (κ1) is 17.3. The minimum absolute atomic E-state index is 0.610. The van der Waals surface area contributed by atoms with Crippen molar-refractivity contribution in [2.75, 3.05) is 14.2 Å². The van der Waals surface area contributed by atoms with Gasteiger partial charge in [0.1, 0.15) is 5.75 Å². The molecule has 7 heteroatoms. The number of rotatable bonds is 6. The third-order valence-corrected chi connectivity index (χ3v) is 4.43. The van der Waals surface area contributed by atoms with Gasteiger partial charge in [-0.25, -0.2) is 4.68 Å². The molecule has 0 aliphatic carbocycles. The summed E-state index contributed by atoms with van der Waals surface area (Å²) in [7, 11) is 5.64. The average Bonchev–Trinajstić information content (AvgIpc) is 2.91. The smallest absolute Gasteiger partial charge is 0.199 e. The number of nitrogens with zero attached hydrogens (tertiary/aromatic N) is 5. The first-order valence-electron chi connectivity index (χ1n) is 7.94. The maximum Gasteiger partial charge on any atom is 0.199 e. The van der Waals surface area contributed by atoms with Crippen LogP contribution in [0.3, 0.4) is 0 Å². The molecule has 0 amide bonds. The van der Waals surface area contributed by atoms with E-state index in [4.69, 9.17) is 17.0 Å². The minimum atomic E-state index is 0.610. The molecule has 0 aliphatic rings. The summed E-state index contributed by atoms with van der Waals surface area (Å²) in [5, 5.41) is 4.66. The molecule has 0 bridgehead atoms. The molecule has 130 valence electrons. The van der Waals surface area contributed by atoms with E-state index in [9.17, 15) is 0 Å². The van der Waals surface area contributed by atoms with E-state index in [1.807, 2.05) is 47.6 Å². The number of aromatic nitrogens is 4. The number of methoxy groups -OCH3 is 1. The van der Waals surface area contributed by atoms with E-state index in [0.29, 0.717) is 11.4 Å². The molecule has 25 heavy (non-hydrogen) atoms. The Kier molecular flexibility index (Phi) is 5.25. The van der Waals surface area contributed by atoms with Gasteiger partial charge in [0.15, 0.2) is 10.6 Å². The van der Waals surface area contributed by atoms with Crippen LogP contribution >= 0.6 is 12.2 Å². The molecule has 0 unspecified atom stereocenters. The van der Waals surface area contributed by atoms with Crippen molar-refractivity contribution in [2.24, 2.45) is 7.05 Å². The topological polar surface area (TPSA) is 48.1 Å². The average molecular weight is 355 g/mol. The number of pyridine rings is 1. The first-order valence-corrected chi connectivity index (χ1v) is 8.35. The highest BCUT2D eigenvalue weighted by Gasteiger charge is 2.11. The van der Waals surface area contributed by atoms with Crippen molar-refractivity contribution >= 4 is 12.2 Å². The van der Waals surface area contributed by atoms with Crippen LogP contribution in [0.4, 0.5) is 0 Å². The molecule has 0 N–H and O–H groups in total. The predicted octanol–water partition coefficient (Wildman–Crippen LogP) is 3.11. The molecule has 1 aromatic carbocycles. The van der Waals surface area contributed by atoms with Gasteiger partial charge in [0.25, 0.3) is 0 Å².